The van der Waals surface area contributed by atoms with Gasteiger partial charge in [-0.05, 0) is 24.3 Å². The molecule has 112 valence electrons. The number of nitrogen functional groups attached to an aromatic ring is 1. The SMILES string of the molecule is COC(=O)c1ccc(CNc2ncnc3nc(N)ccc23)o1. The predicted octanol–water partition coefficient (Wildman–Crippen LogP) is 1.60. The molecule has 0 unspecified atom stereocenters. The van der Waals surface area contributed by atoms with E-state index in [4.69, 9.17) is 10.2 Å². The van der Waals surface area contributed by atoms with Crippen LogP contribution in [0.5, 0.6) is 0 Å². The molecule has 0 aromatic carbocycles. The number of pyridine rings is 1. The molecule has 0 aliphatic heterocycles. The lowest BCUT2D eigenvalue weighted by Gasteiger charge is -2.06. The van der Waals surface area contributed by atoms with Gasteiger partial charge in [0, 0.05) is 0 Å². The molecule has 3 N–H and O–H groups in total. The van der Waals surface area contributed by atoms with Crippen LogP contribution in [0.4, 0.5) is 11.6 Å². The maximum absolute atomic E-state index is 11.3. The fourth-order valence-corrected chi connectivity index (χ4v) is 1.95. The smallest absolute Gasteiger partial charge is 0.373 e. The summed E-state index contributed by atoms with van der Waals surface area (Å²) in [5, 5.41) is 3.86. The van der Waals surface area contributed by atoms with Crippen LogP contribution in [-0.4, -0.2) is 28.0 Å². The Balaban J connectivity index is 1.79. The van der Waals surface area contributed by atoms with E-state index >= 15 is 0 Å². The summed E-state index contributed by atoms with van der Waals surface area (Å²) in [6, 6.07) is 6.73. The number of fused-ring (bicyclic) bond motifs is 1. The zero-order chi connectivity index (χ0) is 15.5. The fourth-order valence-electron chi connectivity index (χ4n) is 1.95. The number of nitrogens with zero attached hydrogens (tertiary/aromatic N) is 3. The second kappa shape index (κ2) is 5.68. The number of anilines is 2. The van der Waals surface area contributed by atoms with Crippen LogP contribution in [-0.2, 0) is 11.3 Å². The lowest BCUT2D eigenvalue weighted by atomic mass is 10.3. The molecule has 0 atom stereocenters. The van der Waals surface area contributed by atoms with Crippen molar-refractivity contribution in [3.63, 3.8) is 0 Å². The molecule has 3 heterocycles. The summed E-state index contributed by atoms with van der Waals surface area (Å²) in [6.07, 6.45) is 1.40. The molecule has 8 heteroatoms. The minimum absolute atomic E-state index is 0.154. The highest BCUT2D eigenvalue weighted by Crippen LogP contribution is 2.19. The average Bonchev–Trinajstić information content (AvgIpc) is 3.00. The molecule has 3 aromatic heterocycles. The Labute approximate surface area is 125 Å². The van der Waals surface area contributed by atoms with Crippen molar-refractivity contribution in [2.45, 2.75) is 6.54 Å². The van der Waals surface area contributed by atoms with E-state index in [1.165, 1.54) is 13.4 Å². The van der Waals surface area contributed by atoms with Crippen LogP contribution in [0.2, 0.25) is 0 Å². The van der Waals surface area contributed by atoms with Gasteiger partial charge in [0.2, 0.25) is 5.76 Å². The maximum Gasteiger partial charge on any atom is 0.373 e. The lowest BCUT2D eigenvalue weighted by Crippen LogP contribution is -2.03. The van der Waals surface area contributed by atoms with Gasteiger partial charge in [-0.2, -0.15) is 0 Å². The molecule has 0 spiro atoms. The molecule has 0 fully saturated rings. The normalized spacial score (nSPS) is 10.6. The minimum atomic E-state index is -0.515. The highest BCUT2D eigenvalue weighted by Gasteiger charge is 2.11. The number of rotatable bonds is 4. The number of methoxy groups -OCH3 is 1. The van der Waals surface area contributed by atoms with E-state index in [-0.39, 0.29) is 5.76 Å². The summed E-state index contributed by atoms with van der Waals surface area (Å²) in [5.41, 5.74) is 6.14. The summed E-state index contributed by atoms with van der Waals surface area (Å²) in [7, 11) is 1.30. The maximum atomic E-state index is 11.3. The molecule has 8 nitrogen and oxygen atoms in total. The van der Waals surface area contributed by atoms with Gasteiger partial charge in [-0.25, -0.2) is 19.7 Å². The number of esters is 1. The second-order valence-corrected chi connectivity index (χ2v) is 4.44. The third kappa shape index (κ3) is 2.66. The summed E-state index contributed by atoms with van der Waals surface area (Å²) in [6.45, 7) is 0.355. The van der Waals surface area contributed by atoms with Gasteiger partial charge in [0.05, 0.1) is 19.0 Å². The molecule has 3 aromatic rings. The van der Waals surface area contributed by atoms with E-state index in [0.717, 1.165) is 5.39 Å². The van der Waals surface area contributed by atoms with Crippen molar-refractivity contribution >= 4 is 28.6 Å². The van der Waals surface area contributed by atoms with Gasteiger partial charge in [0.15, 0.2) is 5.65 Å². The van der Waals surface area contributed by atoms with Crippen LogP contribution in [0.1, 0.15) is 16.3 Å². The van der Waals surface area contributed by atoms with Gasteiger partial charge in [-0.1, -0.05) is 0 Å². The predicted molar refractivity (Wildman–Crippen MR) is 79.1 cm³/mol. The zero-order valence-electron chi connectivity index (χ0n) is 11.7. The van der Waals surface area contributed by atoms with E-state index in [9.17, 15) is 4.79 Å². The lowest BCUT2D eigenvalue weighted by molar-refractivity contribution is 0.0563. The minimum Gasteiger partial charge on any atom is -0.463 e. The Kier molecular flexibility index (Phi) is 3.57. The van der Waals surface area contributed by atoms with Crippen LogP contribution >= 0.6 is 0 Å². The summed E-state index contributed by atoms with van der Waals surface area (Å²) in [5.74, 6) is 1.22. The summed E-state index contributed by atoms with van der Waals surface area (Å²) >= 11 is 0. The Morgan fingerprint density at radius 1 is 1.32 bits per heavy atom. The third-order valence-electron chi connectivity index (χ3n) is 3.00. The molecule has 0 aliphatic carbocycles. The number of furan rings is 1. The van der Waals surface area contributed by atoms with E-state index in [2.05, 4.69) is 25.0 Å². The van der Waals surface area contributed by atoms with Crippen molar-refractivity contribution in [2.75, 3.05) is 18.2 Å². The zero-order valence-corrected chi connectivity index (χ0v) is 11.7. The van der Waals surface area contributed by atoms with Crippen LogP contribution in [0, 0.1) is 0 Å². The molecule has 0 amide bonds. The average molecular weight is 299 g/mol. The molecule has 0 saturated carbocycles. The van der Waals surface area contributed by atoms with Crippen LogP contribution in [0.25, 0.3) is 11.0 Å². The van der Waals surface area contributed by atoms with Crippen LogP contribution in [0.3, 0.4) is 0 Å². The van der Waals surface area contributed by atoms with Crippen molar-refractivity contribution in [3.05, 3.63) is 42.1 Å². The number of nitrogens with two attached hydrogens (primary N) is 1. The van der Waals surface area contributed by atoms with Crippen molar-refractivity contribution in [2.24, 2.45) is 0 Å². The number of hydrogen-bond acceptors (Lipinski definition) is 8. The first-order chi connectivity index (χ1) is 10.7. The number of hydrogen-bond donors (Lipinski definition) is 2. The Bertz CT molecular complexity index is 830. The molecular weight excluding hydrogens is 286 g/mol. The molecular formula is C14H13N5O3. The Morgan fingerprint density at radius 2 is 2.18 bits per heavy atom. The van der Waals surface area contributed by atoms with Gasteiger partial charge >= 0.3 is 5.97 Å². The van der Waals surface area contributed by atoms with Crippen LogP contribution in [0.15, 0.2) is 35.0 Å². The molecule has 0 bridgehead atoms. The van der Waals surface area contributed by atoms with Gasteiger partial charge in [-0.3, -0.25) is 0 Å². The van der Waals surface area contributed by atoms with Crippen molar-refractivity contribution in [1.29, 1.82) is 0 Å². The van der Waals surface area contributed by atoms with Crippen molar-refractivity contribution in [1.82, 2.24) is 15.0 Å². The first-order valence-electron chi connectivity index (χ1n) is 6.45. The van der Waals surface area contributed by atoms with E-state index in [1.54, 1.807) is 24.3 Å². The molecule has 0 saturated heterocycles. The Morgan fingerprint density at radius 3 is 3.00 bits per heavy atom. The van der Waals surface area contributed by atoms with Crippen LogP contribution < -0.4 is 11.1 Å². The first kappa shape index (κ1) is 13.8. The molecule has 0 aliphatic rings. The van der Waals surface area contributed by atoms with Crippen molar-refractivity contribution in [3.8, 4) is 0 Å². The fraction of sp³-hybridized carbons (Fsp3) is 0.143. The van der Waals surface area contributed by atoms with E-state index in [1.807, 2.05) is 0 Å². The van der Waals surface area contributed by atoms with Gasteiger partial charge in [-0.15, -0.1) is 0 Å². The second-order valence-electron chi connectivity index (χ2n) is 4.44. The van der Waals surface area contributed by atoms with E-state index < -0.39 is 5.97 Å². The highest BCUT2D eigenvalue weighted by atomic mass is 16.5. The quantitative estimate of drug-likeness (QED) is 0.698. The third-order valence-corrected chi connectivity index (χ3v) is 3.00. The summed E-state index contributed by atoms with van der Waals surface area (Å²) < 4.78 is 9.96. The molecule has 22 heavy (non-hydrogen) atoms. The van der Waals surface area contributed by atoms with Gasteiger partial charge in [0.25, 0.3) is 0 Å². The highest BCUT2D eigenvalue weighted by molar-refractivity contribution is 5.87. The number of nitrogens with one attached hydrogen (secondary N) is 1. The topological polar surface area (TPSA) is 116 Å². The van der Waals surface area contributed by atoms with Gasteiger partial charge in [0.1, 0.15) is 23.7 Å². The number of aromatic nitrogens is 3. The number of ether oxygens (including phenoxy) is 1. The standard InChI is InChI=1S/C14H13N5O3/c1-21-14(20)10-4-2-8(22-10)6-16-12-9-3-5-11(15)19-13(9)18-7-17-12/h2-5,7H,6H2,1H3,(H3,15,16,17,18,19). The summed E-state index contributed by atoms with van der Waals surface area (Å²) in [4.78, 5) is 23.7. The first-order valence-corrected chi connectivity index (χ1v) is 6.45. The van der Waals surface area contributed by atoms with Crippen molar-refractivity contribution < 1.29 is 13.9 Å². The molecule has 3 rings (SSSR count). The number of carbonyl (C=O) groups is 1. The monoisotopic (exact) mass is 299 g/mol. The van der Waals surface area contributed by atoms with E-state index in [0.29, 0.717) is 29.6 Å². The Hall–Kier alpha value is -3.16. The van der Waals surface area contributed by atoms with Gasteiger partial charge < -0.3 is 20.2 Å². The molecule has 0 radical (unpaired) electrons. The largest absolute Gasteiger partial charge is 0.463 e. The number of carbonyl (C=O) groups excluding carboxylic acids is 1.